The number of hydrogen-bond acceptors (Lipinski definition) is 4. The molecule has 1 aromatic heterocycles. The lowest BCUT2D eigenvalue weighted by Gasteiger charge is -2.14. The Morgan fingerprint density at radius 1 is 0.941 bits per heavy atom. The van der Waals surface area contributed by atoms with Gasteiger partial charge in [-0.05, 0) is 36.8 Å². The molecule has 4 rings (SSSR count). The number of carbonyl (C=O) groups excluding carboxylic acids is 1. The number of anilines is 1. The second-order valence-corrected chi connectivity index (χ2v) is 8.55. The molecule has 5 nitrogen and oxygen atoms in total. The molecule has 0 fully saturated rings. The van der Waals surface area contributed by atoms with Crippen LogP contribution in [0.5, 0.6) is 0 Å². The maximum Gasteiger partial charge on any atom is 0.418 e. The summed E-state index contributed by atoms with van der Waals surface area (Å²) >= 11 is 1.11. The van der Waals surface area contributed by atoms with Crippen LogP contribution in [0.15, 0.2) is 84.0 Å². The van der Waals surface area contributed by atoms with Gasteiger partial charge in [-0.3, -0.25) is 9.36 Å². The number of rotatable bonds is 7. The van der Waals surface area contributed by atoms with Crippen molar-refractivity contribution in [2.75, 3.05) is 11.1 Å². The average molecular weight is 483 g/mol. The van der Waals surface area contributed by atoms with Crippen LogP contribution in [0, 0.1) is 6.92 Å². The van der Waals surface area contributed by atoms with Crippen molar-refractivity contribution in [3.8, 4) is 5.69 Å². The van der Waals surface area contributed by atoms with Crippen LogP contribution >= 0.6 is 11.8 Å². The zero-order chi connectivity index (χ0) is 24.1. The second kappa shape index (κ2) is 10.1. The van der Waals surface area contributed by atoms with Crippen LogP contribution in [0.4, 0.5) is 18.9 Å². The molecule has 0 aliphatic heterocycles. The fraction of sp³-hybridized carbons (Fsp3) is 0.160. The van der Waals surface area contributed by atoms with E-state index in [1.807, 2.05) is 66.1 Å². The summed E-state index contributed by atoms with van der Waals surface area (Å²) in [6, 6.07) is 22.5. The lowest BCUT2D eigenvalue weighted by Crippen LogP contribution is -2.18. The molecule has 1 N–H and O–H groups in total. The van der Waals surface area contributed by atoms with Crippen molar-refractivity contribution in [3.63, 3.8) is 0 Å². The number of nitrogens with one attached hydrogen (secondary N) is 1. The lowest BCUT2D eigenvalue weighted by atomic mass is 10.1. The van der Waals surface area contributed by atoms with Crippen molar-refractivity contribution < 1.29 is 18.0 Å². The van der Waals surface area contributed by atoms with Gasteiger partial charge in [-0.25, -0.2) is 0 Å². The Morgan fingerprint density at radius 2 is 1.62 bits per heavy atom. The molecular weight excluding hydrogens is 461 g/mol. The minimum atomic E-state index is -4.56. The molecule has 0 aliphatic carbocycles. The van der Waals surface area contributed by atoms with Gasteiger partial charge in [0.2, 0.25) is 5.91 Å². The number of alkyl halides is 3. The molecule has 0 bridgehead atoms. The maximum absolute atomic E-state index is 13.2. The van der Waals surface area contributed by atoms with E-state index in [9.17, 15) is 18.0 Å². The first kappa shape index (κ1) is 23.6. The van der Waals surface area contributed by atoms with Gasteiger partial charge in [0.25, 0.3) is 0 Å². The van der Waals surface area contributed by atoms with Gasteiger partial charge in [0, 0.05) is 12.1 Å². The van der Waals surface area contributed by atoms with Crippen molar-refractivity contribution in [3.05, 3.63) is 101 Å². The molecule has 3 aromatic carbocycles. The first-order valence-electron chi connectivity index (χ1n) is 10.5. The third kappa shape index (κ3) is 5.66. The monoisotopic (exact) mass is 482 g/mol. The Bertz CT molecular complexity index is 1270. The van der Waals surface area contributed by atoms with E-state index in [4.69, 9.17) is 0 Å². The van der Waals surface area contributed by atoms with Gasteiger partial charge in [-0.2, -0.15) is 13.2 Å². The molecule has 0 saturated heterocycles. The summed E-state index contributed by atoms with van der Waals surface area (Å²) in [4.78, 5) is 12.5. The van der Waals surface area contributed by atoms with Gasteiger partial charge in [0.1, 0.15) is 5.82 Å². The zero-order valence-corrected chi connectivity index (χ0v) is 19.0. The van der Waals surface area contributed by atoms with Crippen molar-refractivity contribution in [1.29, 1.82) is 0 Å². The number of carbonyl (C=O) groups is 1. The summed E-state index contributed by atoms with van der Waals surface area (Å²) in [6.45, 7) is 1.99. The Hall–Kier alpha value is -3.59. The fourth-order valence-corrected chi connectivity index (χ4v) is 4.17. The smallest absolute Gasteiger partial charge is 0.325 e. The number of para-hydroxylation sites is 1. The van der Waals surface area contributed by atoms with E-state index in [2.05, 4.69) is 15.5 Å². The summed E-state index contributed by atoms with van der Waals surface area (Å²) in [5.74, 6) is 0.00627. The first-order chi connectivity index (χ1) is 16.3. The topological polar surface area (TPSA) is 59.8 Å². The normalized spacial score (nSPS) is 11.4. The number of nitrogens with zero attached hydrogens (tertiary/aromatic N) is 3. The third-order valence-electron chi connectivity index (χ3n) is 5.04. The number of thioether (sulfide) groups is 1. The summed E-state index contributed by atoms with van der Waals surface area (Å²) in [7, 11) is 0. The van der Waals surface area contributed by atoms with Crippen LogP contribution in [0.25, 0.3) is 5.69 Å². The van der Waals surface area contributed by atoms with E-state index >= 15 is 0 Å². The molecule has 0 atom stereocenters. The minimum absolute atomic E-state index is 0.123. The lowest BCUT2D eigenvalue weighted by molar-refractivity contribution is -0.137. The molecule has 174 valence electrons. The van der Waals surface area contributed by atoms with E-state index in [1.54, 1.807) is 0 Å². The Labute approximate surface area is 199 Å². The van der Waals surface area contributed by atoms with Gasteiger partial charge < -0.3 is 5.32 Å². The van der Waals surface area contributed by atoms with E-state index < -0.39 is 17.6 Å². The van der Waals surface area contributed by atoms with Crippen molar-refractivity contribution in [2.45, 2.75) is 24.7 Å². The maximum atomic E-state index is 13.2. The molecular formula is C25H21F3N4OS. The standard InChI is InChI=1S/C25H21F3N4OS/c1-17-11-13-19(14-12-17)32-22(15-18-7-3-2-4-8-18)30-31-24(32)34-16-23(33)29-21-10-6-5-9-20(21)25(26,27)28/h2-14H,15-16H2,1H3,(H,29,33). The minimum Gasteiger partial charge on any atom is -0.325 e. The summed E-state index contributed by atoms with van der Waals surface area (Å²) in [5, 5.41) is 11.4. The van der Waals surface area contributed by atoms with Gasteiger partial charge >= 0.3 is 6.18 Å². The molecule has 0 spiro atoms. The van der Waals surface area contributed by atoms with Gasteiger partial charge in [-0.1, -0.05) is 71.9 Å². The number of aryl methyl sites for hydroxylation is 1. The molecule has 9 heteroatoms. The SMILES string of the molecule is Cc1ccc(-n2c(Cc3ccccc3)nnc2SCC(=O)Nc2ccccc2C(F)(F)F)cc1. The highest BCUT2D eigenvalue weighted by molar-refractivity contribution is 7.99. The number of benzene rings is 3. The molecule has 0 radical (unpaired) electrons. The molecule has 4 aromatic rings. The molecule has 0 saturated carbocycles. The van der Waals surface area contributed by atoms with Crippen LogP contribution in [0.2, 0.25) is 0 Å². The Morgan fingerprint density at radius 3 is 2.32 bits per heavy atom. The third-order valence-corrected chi connectivity index (χ3v) is 5.97. The highest BCUT2D eigenvalue weighted by Gasteiger charge is 2.33. The van der Waals surface area contributed by atoms with Crippen LogP contribution < -0.4 is 5.32 Å². The largest absolute Gasteiger partial charge is 0.418 e. The number of hydrogen-bond donors (Lipinski definition) is 1. The molecule has 34 heavy (non-hydrogen) atoms. The van der Waals surface area contributed by atoms with Gasteiger partial charge in [0.15, 0.2) is 5.16 Å². The van der Waals surface area contributed by atoms with E-state index in [1.165, 1.54) is 18.2 Å². The zero-order valence-electron chi connectivity index (χ0n) is 18.2. The summed E-state index contributed by atoms with van der Waals surface area (Å²) < 4.78 is 41.5. The van der Waals surface area contributed by atoms with Crippen molar-refractivity contribution >= 4 is 23.4 Å². The number of halogens is 3. The van der Waals surface area contributed by atoms with Crippen molar-refractivity contribution in [1.82, 2.24) is 14.8 Å². The first-order valence-corrected chi connectivity index (χ1v) is 11.4. The van der Waals surface area contributed by atoms with Crippen LogP contribution in [0.3, 0.4) is 0 Å². The second-order valence-electron chi connectivity index (χ2n) is 7.61. The van der Waals surface area contributed by atoms with Crippen LogP contribution in [0.1, 0.15) is 22.5 Å². The predicted molar refractivity (Wildman–Crippen MR) is 126 cm³/mol. The molecule has 0 unspecified atom stereocenters. The van der Waals surface area contributed by atoms with E-state index in [0.717, 1.165) is 34.6 Å². The Balaban J connectivity index is 1.55. The van der Waals surface area contributed by atoms with E-state index in [0.29, 0.717) is 17.4 Å². The predicted octanol–water partition coefficient (Wildman–Crippen LogP) is 5.92. The summed E-state index contributed by atoms with van der Waals surface area (Å²) in [5.41, 5.74) is 1.83. The number of amides is 1. The quantitative estimate of drug-likeness (QED) is 0.333. The number of aromatic nitrogens is 3. The van der Waals surface area contributed by atoms with Crippen LogP contribution in [-0.4, -0.2) is 26.4 Å². The highest BCUT2D eigenvalue weighted by Crippen LogP contribution is 2.34. The molecule has 0 aliphatic rings. The highest BCUT2D eigenvalue weighted by atomic mass is 32.2. The summed E-state index contributed by atoms with van der Waals surface area (Å²) in [6.07, 6.45) is -4.03. The van der Waals surface area contributed by atoms with Gasteiger partial charge in [0.05, 0.1) is 17.0 Å². The molecule has 1 heterocycles. The fourth-order valence-electron chi connectivity index (χ4n) is 3.40. The molecule has 1 amide bonds. The Kier molecular flexibility index (Phi) is 7.02. The van der Waals surface area contributed by atoms with Crippen molar-refractivity contribution in [2.24, 2.45) is 0 Å². The van der Waals surface area contributed by atoms with Crippen LogP contribution in [-0.2, 0) is 17.4 Å². The van der Waals surface area contributed by atoms with Gasteiger partial charge in [-0.15, -0.1) is 10.2 Å². The van der Waals surface area contributed by atoms with E-state index in [-0.39, 0.29) is 11.4 Å². The average Bonchev–Trinajstić information content (AvgIpc) is 3.21.